The van der Waals surface area contributed by atoms with Crippen molar-refractivity contribution in [1.82, 2.24) is 9.97 Å². The molecule has 2 heterocycles. The van der Waals surface area contributed by atoms with Gasteiger partial charge in [-0.05, 0) is 56.0 Å². The van der Waals surface area contributed by atoms with E-state index in [0.29, 0.717) is 12.6 Å². The Balaban J connectivity index is 1.69. The molecule has 0 radical (unpaired) electrons. The van der Waals surface area contributed by atoms with E-state index >= 15 is 0 Å². The topological polar surface area (TPSA) is 50.3 Å². The Morgan fingerprint density at radius 1 is 1.26 bits per heavy atom. The molecule has 1 fully saturated rings. The van der Waals surface area contributed by atoms with Crippen LogP contribution in [0.4, 0.5) is 17.5 Å². The van der Waals surface area contributed by atoms with Gasteiger partial charge in [-0.2, -0.15) is 4.98 Å². The Bertz CT molecular complexity index is 629. The number of piperidine rings is 1. The van der Waals surface area contributed by atoms with E-state index in [1.54, 1.807) is 0 Å². The normalized spacial score (nSPS) is 17.8. The molecule has 0 bridgehead atoms. The van der Waals surface area contributed by atoms with Crippen molar-refractivity contribution in [2.75, 3.05) is 29.9 Å². The first kappa shape index (κ1) is 15.6. The zero-order valence-corrected chi connectivity index (χ0v) is 13.8. The summed E-state index contributed by atoms with van der Waals surface area (Å²) in [6.45, 7) is 7.09. The molecule has 1 N–H and O–H groups in total. The van der Waals surface area contributed by atoms with Gasteiger partial charge in [0.2, 0.25) is 5.95 Å². The molecule has 5 heteroatoms. The minimum Gasteiger partial charge on any atom is -0.494 e. The molecule has 0 amide bonds. The third-order valence-corrected chi connectivity index (χ3v) is 4.04. The molecule has 3 rings (SSSR count). The Kier molecular flexibility index (Phi) is 4.95. The van der Waals surface area contributed by atoms with Gasteiger partial charge in [-0.3, -0.25) is 0 Å². The van der Waals surface area contributed by atoms with Crippen LogP contribution in [0.2, 0.25) is 0 Å². The SMILES string of the molecule is CCOc1ccc(Nc2nccc(N3CCCC(C)C3)n2)cc1. The smallest absolute Gasteiger partial charge is 0.229 e. The highest BCUT2D eigenvalue weighted by Crippen LogP contribution is 2.23. The summed E-state index contributed by atoms with van der Waals surface area (Å²) >= 11 is 0. The Morgan fingerprint density at radius 3 is 2.83 bits per heavy atom. The molecule has 0 aliphatic carbocycles. The zero-order chi connectivity index (χ0) is 16.1. The predicted octanol–water partition coefficient (Wildman–Crippen LogP) is 3.86. The summed E-state index contributed by atoms with van der Waals surface area (Å²) in [4.78, 5) is 11.3. The maximum Gasteiger partial charge on any atom is 0.229 e. The van der Waals surface area contributed by atoms with Gasteiger partial charge in [0, 0.05) is 25.0 Å². The van der Waals surface area contributed by atoms with Gasteiger partial charge in [0.25, 0.3) is 0 Å². The second-order valence-corrected chi connectivity index (χ2v) is 6.01. The van der Waals surface area contributed by atoms with Crippen LogP contribution in [-0.4, -0.2) is 29.7 Å². The largest absolute Gasteiger partial charge is 0.494 e. The van der Waals surface area contributed by atoms with Crippen molar-refractivity contribution in [2.45, 2.75) is 26.7 Å². The van der Waals surface area contributed by atoms with Crippen molar-refractivity contribution in [2.24, 2.45) is 5.92 Å². The molecule has 122 valence electrons. The van der Waals surface area contributed by atoms with Crippen LogP contribution in [0, 0.1) is 5.92 Å². The molecular weight excluding hydrogens is 288 g/mol. The molecule has 1 saturated heterocycles. The fourth-order valence-electron chi connectivity index (χ4n) is 2.91. The number of anilines is 3. The Hall–Kier alpha value is -2.30. The molecule has 23 heavy (non-hydrogen) atoms. The summed E-state index contributed by atoms with van der Waals surface area (Å²) in [6.07, 6.45) is 4.35. The van der Waals surface area contributed by atoms with Crippen LogP contribution in [0.3, 0.4) is 0 Å². The summed E-state index contributed by atoms with van der Waals surface area (Å²) in [5.74, 6) is 3.22. The third kappa shape index (κ3) is 4.12. The fraction of sp³-hybridized carbons (Fsp3) is 0.444. The van der Waals surface area contributed by atoms with Crippen LogP contribution in [0.1, 0.15) is 26.7 Å². The summed E-state index contributed by atoms with van der Waals surface area (Å²) in [6, 6.07) is 9.83. The van der Waals surface area contributed by atoms with Gasteiger partial charge >= 0.3 is 0 Å². The monoisotopic (exact) mass is 312 g/mol. The van der Waals surface area contributed by atoms with Crippen LogP contribution in [0.25, 0.3) is 0 Å². The number of nitrogens with zero attached hydrogens (tertiary/aromatic N) is 3. The highest BCUT2D eigenvalue weighted by Gasteiger charge is 2.17. The highest BCUT2D eigenvalue weighted by atomic mass is 16.5. The number of hydrogen-bond acceptors (Lipinski definition) is 5. The minimum absolute atomic E-state index is 0.630. The van der Waals surface area contributed by atoms with Crippen molar-refractivity contribution in [3.63, 3.8) is 0 Å². The van der Waals surface area contributed by atoms with Crippen molar-refractivity contribution >= 4 is 17.5 Å². The first-order valence-corrected chi connectivity index (χ1v) is 8.32. The van der Waals surface area contributed by atoms with Crippen LogP contribution in [0.15, 0.2) is 36.5 Å². The first-order valence-electron chi connectivity index (χ1n) is 8.32. The molecule has 0 spiro atoms. The van der Waals surface area contributed by atoms with Gasteiger partial charge in [-0.1, -0.05) is 6.92 Å². The number of aromatic nitrogens is 2. The van der Waals surface area contributed by atoms with E-state index < -0.39 is 0 Å². The van der Waals surface area contributed by atoms with Crippen molar-refractivity contribution in [3.05, 3.63) is 36.5 Å². The van der Waals surface area contributed by atoms with Gasteiger partial charge in [-0.25, -0.2) is 4.98 Å². The van der Waals surface area contributed by atoms with Gasteiger partial charge in [-0.15, -0.1) is 0 Å². The van der Waals surface area contributed by atoms with E-state index in [0.717, 1.165) is 36.3 Å². The summed E-state index contributed by atoms with van der Waals surface area (Å²) in [5.41, 5.74) is 0.956. The second kappa shape index (κ2) is 7.31. The van der Waals surface area contributed by atoms with E-state index in [-0.39, 0.29) is 0 Å². The third-order valence-electron chi connectivity index (χ3n) is 4.04. The maximum absolute atomic E-state index is 5.45. The van der Waals surface area contributed by atoms with E-state index in [2.05, 4.69) is 27.1 Å². The lowest BCUT2D eigenvalue weighted by atomic mass is 10.0. The van der Waals surface area contributed by atoms with E-state index in [9.17, 15) is 0 Å². The number of ether oxygens (including phenoxy) is 1. The lowest BCUT2D eigenvalue weighted by molar-refractivity contribution is 0.340. The molecule has 1 aliphatic heterocycles. The van der Waals surface area contributed by atoms with E-state index in [1.807, 2.05) is 43.5 Å². The number of benzene rings is 1. The zero-order valence-electron chi connectivity index (χ0n) is 13.8. The summed E-state index contributed by atoms with van der Waals surface area (Å²) < 4.78 is 5.45. The maximum atomic E-state index is 5.45. The predicted molar refractivity (Wildman–Crippen MR) is 93.5 cm³/mol. The number of rotatable bonds is 5. The summed E-state index contributed by atoms with van der Waals surface area (Å²) in [7, 11) is 0. The molecule has 2 aromatic rings. The highest BCUT2D eigenvalue weighted by molar-refractivity contribution is 5.56. The molecule has 1 unspecified atom stereocenters. The molecule has 1 aliphatic rings. The number of nitrogens with one attached hydrogen (secondary N) is 1. The fourth-order valence-corrected chi connectivity index (χ4v) is 2.91. The standard InChI is InChI=1S/C18H24N4O/c1-3-23-16-8-6-15(7-9-16)20-18-19-11-10-17(21-18)22-12-4-5-14(2)13-22/h6-11,14H,3-5,12-13H2,1-2H3,(H,19,20,21). The quantitative estimate of drug-likeness (QED) is 0.908. The lowest BCUT2D eigenvalue weighted by Crippen LogP contribution is -2.34. The van der Waals surface area contributed by atoms with Crippen molar-refractivity contribution in [1.29, 1.82) is 0 Å². The van der Waals surface area contributed by atoms with E-state index in [4.69, 9.17) is 4.74 Å². The Labute approximate surface area is 137 Å². The molecular formula is C18H24N4O. The van der Waals surface area contributed by atoms with Crippen LogP contribution < -0.4 is 15.0 Å². The van der Waals surface area contributed by atoms with Crippen LogP contribution in [0.5, 0.6) is 5.75 Å². The van der Waals surface area contributed by atoms with E-state index in [1.165, 1.54) is 12.8 Å². The van der Waals surface area contributed by atoms with Crippen LogP contribution in [-0.2, 0) is 0 Å². The van der Waals surface area contributed by atoms with Crippen molar-refractivity contribution in [3.8, 4) is 5.75 Å². The molecule has 5 nitrogen and oxygen atoms in total. The van der Waals surface area contributed by atoms with Gasteiger partial charge in [0.15, 0.2) is 0 Å². The average Bonchev–Trinajstić information content (AvgIpc) is 2.57. The summed E-state index contributed by atoms with van der Waals surface area (Å²) in [5, 5.41) is 3.26. The number of hydrogen-bond donors (Lipinski definition) is 1. The molecule has 0 saturated carbocycles. The first-order chi connectivity index (χ1) is 11.2. The molecule has 1 atom stereocenters. The molecule has 1 aromatic heterocycles. The average molecular weight is 312 g/mol. The van der Waals surface area contributed by atoms with Gasteiger partial charge < -0.3 is 15.0 Å². The molecule has 1 aromatic carbocycles. The Morgan fingerprint density at radius 2 is 2.09 bits per heavy atom. The van der Waals surface area contributed by atoms with Gasteiger partial charge in [0.05, 0.1) is 6.61 Å². The second-order valence-electron chi connectivity index (χ2n) is 6.01. The van der Waals surface area contributed by atoms with Gasteiger partial charge in [0.1, 0.15) is 11.6 Å². The van der Waals surface area contributed by atoms with Crippen molar-refractivity contribution < 1.29 is 4.74 Å². The lowest BCUT2D eigenvalue weighted by Gasteiger charge is -2.31. The minimum atomic E-state index is 0.630. The van der Waals surface area contributed by atoms with Crippen LogP contribution >= 0.6 is 0 Å².